The smallest absolute Gasteiger partial charge is 0.273 e. The molecule has 0 atom stereocenters. The van der Waals surface area contributed by atoms with Gasteiger partial charge in [0.1, 0.15) is 5.76 Å². The number of hydrogen-bond acceptors (Lipinski definition) is 4. The van der Waals surface area contributed by atoms with Crippen molar-refractivity contribution in [3.8, 4) is 0 Å². The fourth-order valence-corrected chi connectivity index (χ4v) is 3.52. The Morgan fingerprint density at radius 1 is 1.24 bits per heavy atom. The van der Waals surface area contributed by atoms with E-state index in [-0.39, 0.29) is 11.9 Å². The van der Waals surface area contributed by atoms with Crippen LogP contribution >= 0.6 is 0 Å². The summed E-state index contributed by atoms with van der Waals surface area (Å²) in [5, 5.41) is 7.04. The summed E-state index contributed by atoms with van der Waals surface area (Å²) >= 11 is 0. The van der Waals surface area contributed by atoms with Crippen LogP contribution in [0.5, 0.6) is 0 Å². The van der Waals surface area contributed by atoms with E-state index >= 15 is 0 Å². The fourth-order valence-electron chi connectivity index (χ4n) is 3.52. The molecule has 0 bridgehead atoms. The largest absolute Gasteiger partial charge is 0.360 e. The van der Waals surface area contributed by atoms with E-state index < -0.39 is 0 Å². The van der Waals surface area contributed by atoms with Gasteiger partial charge in [-0.2, -0.15) is 0 Å². The first kappa shape index (κ1) is 16.3. The molecule has 1 aromatic heterocycles. The Hall–Kier alpha value is -2.14. The zero-order chi connectivity index (χ0) is 17.2. The number of rotatable bonds is 5. The lowest BCUT2D eigenvalue weighted by atomic mass is 10.0. The monoisotopic (exact) mass is 339 g/mol. The van der Waals surface area contributed by atoms with E-state index in [1.54, 1.807) is 6.07 Å². The van der Waals surface area contributed by atoms with Crippen molar-refractivity contribution in [2.45, 2.75) is 51.1 Å². The number of amides is 1. The van der Waals surface area contributed by atoms with Crippen molar-refractivity contribution >= 4 is 5.91 Å². The maximum Gasteiger partial charge on any atom is 0.273 e. The van der Waals surface area contributed by atoms with Gasteiger partial charge in [0.05, 0.1) is 0 Å². The first-order chi connectivity index (χ1) is 12.2. The molecule has 5 nitrogen and oxygen atoms in total. The molecule has 2 aliphatic rings. The molecule has 1 saturated heterocycles. The number of carbonyl (C=O) groups excluding carboxylic acids is 1. The predicted octanol–water partition coefficient (Wildman–Crippen LogP) is 3.25. The number of nitrogens with zero attached hydrogens (tertiary/aromatic N) is 2. The molecule has 25 heavy (non-hydrogen) atoms. The summed E-state index contributed by atoms with van der Waals surface area (Å²) in [5.41, 5.74) is 3.08. The Bertz CT molecular complexity index is 743. The molecule has 1 aromatic carbocycles. The SMILES string of the molecule is Cc1cccc(CN2CCC(NC(=O)c3cc(C4CC4)on3)CC2)c1. The van der Waals surface area contributed by atoms with E-state index in [1.807, 2.05) is 0 Å². The summed E-state index contributed by atoms with van der Waals surface area (Å²) in [4.78, 5) is 14.8. The van der Waals surface area contributed by atoms with E-state index in [4.69, 9.17) is 4.52 Å². The van der Waals surface area contributed by atoms with Gasteiger partial charge in [-0.25, -0.2) is 0 Å². The van der Waals surface area contributed by atoms with Crippen molar-refractivity contribution < 1.29 is 9.32 Å². The lowest BCUT2D eigenvalue weighted by Crippen LogP contribution is -2.44. The molecule has 4 rings (SSSR count). The van der Waals surface area contributed by atoms with Gasteiger partial charge < -0.3 is 9.84 Å². The van der Waals surface area contributed by atoms with Crippen LogP contribution in [0.1, 0.15) is 59.0 Å². The third kappa shape index (κ3) is 4.10. The molecular weight excluding hydrogens is 314 g/mol. The van der Waals surface area contributed by atoms with Crippen LogP contribution in [0.3, 0.4) is 0 Å². The zero-order valence-electron chi connectivity index (χ0n) is 14.7. The third-order valence-electron chi connectivity index (χ3n) is 5.15. The van der Waals surface area contributed by atoms with Crippen molar-refractivity contribution in [2.75, 3.05) is 13.1 Å². The van der Waals surface area contributed by atoms with Crippen LogP contribution in [0.25, 0.3) is 0 Å². The van der Waals surface area contributed by atoms with Crippen LogP contribution in [-0.4, -0.2) is 35.1 Å². The summed E-state index contributed by atoms with van der Waals surface area (Å²) < 4.78 is 5.27. The molecule has 1 aliphatic heterocycles. The van der Waals surface area contributed by atoms with Crippen LogP contribution in [0, 0.1) is 6.92 Å². The van der Waals surface area contributed by atoms with Crippen LogP contribution in [-0.2, 0) is 6.54 Å². The van der Waals surface area contributed by atoms with Crippen molar-refractivity contribution in [3.05, 3.63) is 52.9 Å². The summed E-state index contributed by atoms with van der Waals surface area (Å²) in [6, 6.07) is 10.7. The molecule has 1 amide bonds. The Kier molecular flexibility index (Phi) is 4.57. The average Bonchev–Trinajstić information content (AvgIpc) is 3.33. The molecule has 1 aliphatic carbocycles. The van der Waals surface area contributed by atoms with E-state index in [9.17, 15) is 4.79 Å². The van der Waals surface area contributed by atoms with Gasteiger partial charge in [0.15, 0.2) is 5.69 Å². The highest BCUT2D eigenvalue weighted by Crippen LogP contribution is 2.40. The highest BCUT2D eigenvalue weighted by Gasteiger charge is 2.29. The number of aromatic nitrogens is 1. The molecule has 2 heterocycles. The Morgan fingerprint density at radius 3 is 2.76 bits per heavy atom. The normalized spacial score (nSPS) is 19.1. The lowest BCUT2D eigenvalue weighted by Gasteiger charge is -2.32. The Labute approximate surface area is 148 Å². The summed E-state index contributed by atoms with van der Waals surface area (Å²) in [7, 11) is 0. The second kappa shape index (κ2) is 7.00. The molecule has 1 saturated carbocycles. The highest BCUT2D eigenvalue weighted by atomic mass is 16.5. The van der Waals surface area contributed by atoms with E-state index in [1.165, 1.54) is 11.1 Å². The van der Waals surface area contributed by atoms with Crippen molar-refractivity contribution in [3.63, 3.8) is 0 Å². The second-order valence-electron chi connectivity index (χ2n) is 7.40. The van der Waals surface area contributed by atoms with Gasteiger partial charge in [0, 0.05) is 37.7 Å². The third-order valence-corrected chi connectivity index (χ3v) is 5.15. The van der Waals surface area contributed by atoms with Gasteiger partial charge in [0.2, 0.25) is 0 Å². The van der Waals surface area contributed by atoms with Crippen LogP contribution in [0.4, 0.5) is 0 Å². The quantitative estimate of drug-likeness (QED) is 0.908. The maximum atomic E-state index is 12.3. The number of nitrogens with one attached hydrogen (secondary N) is 1. The second-order valence-corrected chi connectivity index (χ2v) is 7.40. The van der Waals surface area contributed by atoms with E-state index in [0.717, 1.165) is 51.1 Å². The minimum atomic E-state index is -0.104. The number of piperidine rings is 1. The molecule has 0 unspecified atom stereocenters. The first-order valence-electron chi connectivity index (χ1n) is 9.23. The molecule has 5 heteroatoms. The number of aryl methyl sites for hydroxylation is 1. The molecule has 2 fully saturated rings. The molecule has 1 N–H and O–H groups in total. The number of likely N-dealkylation sites (tertiary alicyclic amines) is 1. The fraction of sp³-hybridized carbons (Fsp3) is 0.500. The van der Waals surface area contributed by atoms with Crippen molar-refractivity contribution in [1.82, 2.24) is 15.4 Å². The van der Waals surface area contributed by atoms with Gasteiger partial charge in [-0.15, -0.1) is 0 Å². The van der Waals surface area contributed by atoms with Gasteiger partial charge in [-0.1, -0.05) is 35.0 Å². The maximum absolute atomic E-state index is 12.3. The Morgan fingerprint density at radius 2 is 2.04 bits per heavy atom. The molecule has 2 aromatic rings. The lowest BCUT2D eigenvalue weighted by molar-refractivity contribution is 0.0899. The van der Waals surface area contributed by atoms with Gasteiger partial charge in [-0.05, 0) is 38.2 Å². The average molecular weight is 339 g/mol. The molecular formula is C20H25N3O2. The van der Waals surface area contributed by atoms with Crippen molar-refractivity contribution in [2.24, 2.45) is 0 Å². The van der Waals surface area contributed by atoms with Gasteiger partial charge >= 0.3 is 0 Å². The number of benzene rings is 1. The first-order valence-corrected chi connectivity index (χ1v) is 9.23. The summed E-state index contributed by atoms with van der Waals surface area (Å²) in [6.07, 6.45) is 4.25. The predicted molar refractivity (Wildman–Crippen MR) is 95.4 cm³/mol. The molecule has 132 valence electrons. The molecule has 0 spiro atoms. The highest BCUT2D eigenvalue weighted by molar-refractivity contribution is 5.92. The minimum absolute atomic E-state index is 0.104. The Balaban J connectivity index is 1.26. The van der Waals surface area contributed by atoms with Gasteiger partial charge in [0.25, 0.3) is 5.91 Å². The summed E-state index contributed by atoms with van der Waals surface area (Å²) in [6.45, 7) is 5.12. The van der Waals surface area contributed by atoms with E-state index in [0.29, 0.717) is 11.6 Å². The van der Waals surface area contributed by atoms with Gasteiger partial charge in [-0.3, -0.25) is 9.69 Å². The van der Waals surface area contributed by atoms with Crippen molar-refractivity contribution in [1.29, 1.82) is 0 Å². The number of carbonyl (C=O) groups is 1. The van der Waals surface area contributed by atoms with Crippen LogP contribution in [0.15, 0.2) is 34.9 Å². The van der Waals surface area contributed by atoms with E-state index in [2.05, 4.69) is 46.6 Å². The molecule has 0 radical (unpaired) electrons. The topological polar surface area (TPSA) is 58.4 Å². The number of hydrogen-bond donors (Lipinski definition) is 1. The standard InChI is InChI=1S/C20H25N3O2/c1-14-3-2-4-15(11-14)13-23-9-7-17(8-10-23)21-20(24)18-12-19(25-22-18)16-5-6-16/h2-4,11-12,16-17H,5-10,13H2,1H3,(H,21,24). The zero-order valence-corrected chi connectivity index (χ0v) is 14.7. The summed E-state index contributed by atoms with van der Waals surface area (Å²) in [5.74, 6) is 1.24. The minimum Gasteiger partial charge on any atom is -0.360 e. The van der Waals surface area contributed by atoms with Crippen LogP contribution < -0.4 is 5.32 Å². The van der Waals surface area contributed by atoms with Crippen LogP contribution in [0.2, 0.25) is 0 Å².